The quantitative estimate of drug-likeness (QED) is 0.0626. The van der Waals surface area contributed by atoms with Crippen LogP contribution in [0.3, 0.4) is 0 Å². The minimum Gasteiger partial charge on any atom is -0.274 e. The Hall–Kier alpha value is -4.92. The number of benzene rings is 5. The van der Waals surface area contributed by atoms with Crippen LogP contribution in [0.15, 0.2) is 71.4 Å². The van der Waals surface area contributed by atoms with E-state index in [1.807, 2.05) is 59.3 Å². The summed E-state index contributed by atoms with van der Waals surface area (Å²) in [7, 11) is 0. The maximum atomic E-state index is 14.7. The predicted molar refractivity (Wildman–Crippen MR) is 232 cm³/mol. The topological polar surface area (TPSA) is 74.8 Å². The van der Waals surface area contributed by atoms with E-state index in [-0.39, 0.29) is 35.5 Å². The molecule has 2 unspecified atom stereocenters. The van der Waals surface area contributed by atoms with Gasteiger partial charge in [-0.15, -0.1) is 22.7 Å². The number of imide groups is 2. The summed E-state index contributed by atoms with van der Waals surface area (Å²) in [5.74, 6) is -0.495. The van der Waals surface area contributed by atoms with Gasteiger partial charge in [-0.1, -0.05) is 90.5 Å². The molecular formula is C48H46N2O4S2. The molecular weight excluding hydrogens is 733 g/mol. The number of carbonyl (C=O) groups is 4. The van der Waals surface area contributed by atoms with Gasteiger partial charge in [0.1, 0.15) is 0 Å². The van der Waals surface area contributed by atoms with E-state index >= 15 is 0 Å². The standard InChI is InChI=1S/C48H46N2O4S2/c1-5-9-13-27(7-3)25-49-45(51)31-19-17-29-40-34(38-16-12-22-56-38)24-36-42-32(46(52)50(48(36)54)26-28(8-4)14-10-6-2)20-18-30(44(40)42)39-33(37-15-11-21-55-37)23-35(47(49)53)41(31)43(29)39/h11-12,15-24,27-28H,5-10,13-14,25-26H2,1-4H3. The molecule has 2 aliphatic rings. The summed E-state index contributed by atoms with van der Waals surface area (Å²) in [4.78, 5) is 63.4. The zero-order valence-corrected chi connectivity index (χ0v) is 34.1. The van der Waals surface area contributed by atoms with Crippen molar-refractivity contribution in [3.05, 3.63) is 93.7 Å². The van der Waals surface area contributed by atoms with Crippen LogP contribution in [0.1, 0.15) is 120 Å². The number of hydrogen-bond donors (Lipinski definition) is 0. The Morgan fingerprint density at radius 1 is 0.482 bits per heavy atom. The Bertz CT molecular complexity index is 2510. The van der Waals surface area contributed by atoms with Crippen LogP contribution in [-0.4, -0.2) is 46.5 Å². The molecule has 6 nitrogen and oxygen atoms in total. The molecule has 0 bridgehead atoms. The molecule has 2 aliphatic heterocycles. The van der Waals surface area contributed by atoms with Gasteiger partial charge in [-0.2, -0.15) is 0 Å². The predicted octanol–water partition coefficient (Wildman–Crippen LogP) is 12.8. The molecule has 9 rings (SSSR count). The van der Waals surface area contributed by atoms with Crippen molar-refractivity contribution in [2.75, 3.05) is 13.1 Å². The van der Waals surface area contributed by atoms with Gasteiger partial charge >= 0.3 is 0 Å². The van der Waals surface area contributed by atoms with Gasteiger partial charge < -0.3 is 0 Å². The van der Waals surface area contributed by atoms with E-state index in [0.717, 1.165) is 105 Å². The van der Waals surface area contributed by atoms with E-state index in [2.05, 4.69) is 39.8 Å². The number of unbranched alkanes of at least 4 members (excludes halogenated alkanes) is 2. The van der Waals surface area contributed by atoms with E-state index in [1.165, 1.54) is 9.80 Å². The molecule has 0 aliphatic carbocycles. The molecule has 0 saturated carbocycles. The molecule has 8 heteroatoms. The summed E-state index contributed by atoms with van der Waals surface area (Å²) in [6, 6.07) is 20.1. The third-order valence-electron chi connectivity index (χ3n) is 12.5. The van der Waals surface area contributed by atoms with Gasteiger partial charge in [0, 0.05) is 67.0 Å². The van der Waals surface area contributed by atoms with Crippen molar-refractivity contribution in [1.82, 2.24) is 9.80 Å². The lowest BCUT2D eigenvalue weighted by atomic mass is 9.79. The highest BCUT2D eigenvalue weighted by Gasteiger charge is 2.39. The van der Waals surface area contributed by atoms with Crippen molar-refractivity contribution in [3.8, 4) is 20.9 Å². The van der Waals surface area contributed by atoms with Crippen molar-refractivity contribution in [2.45, 2.75) is 79.1 Å². The highest BCUT2D eigenvalue weighted by Crippen LogP contribution is 2.52. The minimum atomic E-state index is -0.242. The van der Waals surface area contributed by atoms with E-state index in [4.69, 9.17) is 0 Å². The molecule has 7 aromatic rings. The van der Waals surface area contributed by atoms with Crippen LogP contribution >= 0.6 is 22.7 Å². The molecule has 284 valence electrons. The van der Waals surface area contributed by atoms with Gasteiger partial charge in [-0.05, 0) is 104 Å². The Morgan fingerprint density at radius 2 is 0.893 bits per heavy atom. The average Bonchev–Trinajstić information content (AvgIpc) is 3.97. The summed E-state index contributed by atoms with van der Waals surface area (Å²) in [6.45, 7) is 9.43. The number of nitrogens with zero attached hydrogens (tertiary/aromatic N) is 2. The summed E-state index contributed by atoms with van der Waals surface area (Å²) < 4.78 is 0. The number of carbonyl (C=O) groups excluding carboxylic acids is 4. The molecule has 0 radical (unpaired) electrons. The molecule has 0 spiro atoms. The molecule has 56 heavy (non-hydrogen) atoms. The third-order valence-corrected chi connectivity index (χ3v) is 14.4. The second kappa shape index (κ2) is 14.5. The number of thiophene rings is 2. The fourth-order valence-electron chi connectivity index (χ4n) is 9.50. The fraction of sp³-hybridized carbons (Fsp3) is 0.333. The summed E-state index contributed by atoms with van der Waals surface area (Å²) in [5.41, 5.74) is 4.03. The van der Waals surface area contributed by atoms with Crippen molar-refractivity contribution >= 4 is 89.4 Å². The molecule has 0 N–H and O–H groups in total. The molecule has 4 heterocycles. The summed E-state index contributed by atoms with van der Waals surface area (Å²) in [6.07, 6.45) is 8.00. The van der Waals surface area contributed by atoms with Gasteiger partial charge in [-0.25, -0.2) is 0 Å². The number of fused-ring (bicyclic) bond motifs is 2. The fourth-order valence-corrected chi connectivity index (χ4v) is 11.0. The lowest BCUT2D eigenvalue weighted by molar-refractivity contribution is 0.0565. The second-order valence-corrected chi connectivity index (χ2v) is 17.6. The van der Waals surface area contributed by atoms with E-state index in [1.54, 1.807) is 22.7 Å². The van der Waals surface area contributed by atoms with Crippen LogP contribution in [0.25, 0.3) is 64.0 Å². The Kier molecular flexibility index (Phi) is 9.53. The maximum Gasteiger partial charge on any atom is 0.261 e. The molecule has 2 aromatic heterocycles. The van der Waals surface area contributed by atoms with Crippen molar-refractivity contribution in [1.29, 1.82) is 0 Å². The number of rotatable bonds is 14. The van der Waals surface area contributed by atoms with Gasteiger partial charge in [0.05, 0.1) is 0 Å². The third kappa shape index (κ3) is 5.54. The highest BCUT2D eigenvalue weighted by atomic mass is 32.1. The normalized spacial score (nSPS) is 15.4. The smallest absolute Gasteiger partial charge is 0.261 e. The second-order valence-electron chi connectivity index (χ2n) is 15.7. The largest absolute Gasteiger partial charge is 0.274 e. The molecule has 0 fully saturated rings. The van der Waals surface area contributed by atoms with Crippen LogP contribution < -0.4 is 0 Å². The Labute approximate surface area is 335 Å². The van der Waals surface area contributed by atoms with Crippen LogP contribution in [0.2, 0.25) is 0 Å². The highest BCUT2D eigenvalue weighted by molar-refractivity contribution is 7.14. The summed E-state index contributed by atoms with van der Waals surface area (Å²) in [5, 5.41) is 10.9. The monoisotopic (exact) mass is 778 g/mol. The average molecular weight is 779 g/mol. The zero-order chi connectivity index (χ0) is 38.8. The van der Waals surface area contributed by atoms with Crippen molar-refractivity contribution in [3.63, 3.8) is 0 Å². The van der Waals surface area contributed by atoms with Crippen molar-refractivity contribution < 1.29 is 19.2 Å². The molecule has 0 saturated heterocycles. The van der Waals surface area contributed by atoms with E-state index in [9.17, 15) is 19.2 Å². The van der Waals surface area contributed by atoms with Gasteiger partial charge in [0.2, 0.25) is 0 Å². The number of hydrogen-bond acceptors (Lipinski definition) is 6. The zero-order valence-electron chi connectivity index (χ0n) is 32.5. The van der Waals surface area contributed by atoms with Crippen LogP contribution in [0.4, 0.5) is 0 Å². The molecule has 2 atom stereocenters. The maximum absolute atomic E-state index is 14.7. The van der Waals surface area contributed by atoms with Crippen molar-refractivity contribution in [2.24, 2.45) is 11.8 Å². The lowest BCUT2D eigenvalue weighted by Crippen LogP contribution is -2.43. The van der Waals surface area contributed by atoms with E-state index < -0.39 is 0 Å². The van der Waals surface area contributed by atoms with Gasteiger partial charge in [-0.3, -0.25) is 29.0 Å². The summed E-state index contributed by atoms with van der Waals surface area (Å²) >= 11 is 3.23. The first-order valence-electron chi connectivity index (χ1n) is 20.4. The Balaban J connectivity index is 1.36. The van der Waals surface area contributed by atoms with Crippen LogP contribution in [0, 0.1) is 11.8 Å². The van der Waals surface area contributed by atoms with Gasteiger partial charge in [0.15, 0.2) is 0 Å². The lowest BCUT2D eigenvalue weighted by Gasteiger charge is -2.33. The first-order chi connectivity index (χ1) is 27.3. The SMILES string of the molecule is CCCCC(CC)CN1C(=O)c2ccc3c4c(-c5cccs5)cc5c6c(ccc(c7c(-c8cccs8)cc(c2c37)C1=O)c64)C(=O)N(CC(CC)CCCC)C5=O. The molecule has 5 aromatic carbocycles. The first-order valence-corrected chi connectivity index (χ1v) is 22.1. The van der Waals surface area contributed by atoms with Crippen LogP contribution in [0.5, 0.6) is 0 Å². The Morgan fingerprint density at radius 3 is 1.25 bits per heavy atom. The van der Waals surface area contributed by atoms with Gasteiger partial charge in [0.25, 0.3) is 23.6 Å². The number of amides is 4. The van der Waals surface area contributed by atoms with Crippen LogP contribution in [-0.2, 0) is 0 Å². The minimum absolute atomic E-state index is 0.236. The first kappa shape index (κ1) is 36.7. The van der Waals surface area contributed by atoms with E-state index in [0.29, 0.717) is 46.1 Å². The molecule has 4 amide bonds.